The lowest BCUT2D eigenvalue weighted by atomic mass is 10.0. The van der Waals surface area contributed by atoms with Gasteiger partial charge >= 0.3 is 0 Å². The normalized spacial score (nSPS) is 12.5. The molecule has 1 aromatic carbocycles. The van der Waals surface area contributed by atoms with Gasteiger partial charge in [0.25, 0.3) is 0 Å². The number of carbonyl (C=O) groups is 1. The molecule has 0 saturated carbocycles. The summed E-state index contributed by atoms with van der Waals surface area (Å²) in [6, 6.07) is 5.81. The van der Waals surface area contributed by atoms with Crippen LogP contribution in [0, 0.1) is 11.7 Å². The topological polar surface area (TPSA) is 71.3 Å². The van der Waals surface area contributed by atoms with E-state index in [0.29, 0.717) is 10.1 Å². The number of nitrogens with one attached hydrogen (secondary N) is 2. The van der Waals surface area contributed by atoms with Crippen LogP contribution in [0.15, 0.2) is 30.5 Å². The Labute approximate surface area is 142 Å². The van der Waals surface area contributed by atoms with E-state index in [1.165, 1.54) is 23.5 Å². The highest BCUT2D eigenvalue weighted by Crippen LogP contribution is 2.25. The van der Waals surface area contributed by atoms with Crippen molar-refractivity contribution in [2.24, 2.45) is 5.92 Å². The fourth-order valence-corrected chi connectivity index (χ4v) is 3.16. The van der Waals surface area contributed by atoms with Gasteiger partial charge in [0, 0.05) is 12.6 Å². The number of fused-ring (bicyclic) bond motifs is 1. The second-order valence-corrected chi connectivity index (χ2v) is 6.70. The third-order valence-corrected chi connectivity index (χ3v) is 4.51. The van der Waals surface area contributed by atoms with E-state index >= 15 is 0 Å². The summed E-state index contributed by atoms with van der Waals surface area (Å²) in [4.78, 5) is 17.1. The summed E-state index contributed by atoms with van der Waals surface area (Å²) in [7, 11) is 1.61. The van der Waals surface area contributed by atoms with Gasteiger partial charge in [0.05, 0.1) is 11.9 Å². The Morgan fingerprint density at radius 2 is 2.00 bits per heavy atom. The van der Waals surface area contributed by atoms with Crippen LogP contribution in [0.4, 0.5) is 9.52 Å². The van der Waals surface area contributed by atoms with Crippen LogP contribution in [-0.2, 0) is 4.79 Å². The molecule has 0 aliphatic heterocycles. The van der Waals surface area contributed by atoms with Gasteiger partial charge in [-0.25, -0.2) is 13.9 Å². The number of nitrogens with zero attached hydrogens (tertiary/aromatic N) is 3. The van der Waals surface area contributed by atoms with Crippen molar-refractivity contribution in [1.82, 2.24) is 19.9 Å². The zero-order valence-electron chi connectivity index (χ0n) is 13.6. The summed E-state index contributed by atoms with van der Waals surface area (Å²) in [6.45, 7) is 3.94. The first-order valence-corrected chi connectivity index (χ1v) is 8.40. The van der Waals surface area contributed by atoms with E-state index < -0.39 is 0 Å². The molecule has 0 saturated heterocycles. The van der Waals surface area contributed by atoms with Crippen LogP contribution >= 0.6 is 11.3 Å². The zero-order valence-corrected chi connectivity index (χ0v) is 14.4. The Morgan fingerprint density at radius 1 is 1.29 bits per heavy atom. The van der Waals surface area contributed by atoms with Gasteiger partial charge in [-0.2, -0.15) is 0 Å². The van der Waals surface area contributed by atoms with E-state index in [0.717, 1.165) is 11.3 Å². The Balaban J connectivity index is 1.84. The summed E-state index contributed by atoms with van der Waals surface area (Å²) >= 11 is 1.37. The van der Waals surface area contributed by atoms with Crippen molar-refractivity contribution in [2.45, 2.75) is 19.9 Å². The van der Waals surface area contributed by atoms with Gasteiger partial charge in [-0.05, 0) is 30.2 Å². The average molecular weight is 347 g/mol. The molecule has 0 spiro atoms. The smallest absolute Gasteiger partial charge is 0.242 e. The van der Waals surface area contributed by atoms with Crippen molar-refractivity contribution < 1.29 is 9.18 Å². The largest absolute Gasteiger partial charge is 0.357 e. The highest BCUT2D eigenvalue weighted by atomic mass is 32.1. The van der Waals surface area contributed by atoms with E-state index in [9.17, 15) is 9.18 Å². The van der Waals surface area contributed by atoms with Crippen molar-refractivity contribution in [3.63, 3.8) is 0 Å². The molecule has 0 radical (unpaired) electrons. The standard InChI is InChI=1S/C16H18FN5OS/c1-9(2)13(14(23)18-3)20-15-21-22-8-12(19-16(22)24-15)10-4-6-11(17)7-5-10/h4-9,13H,1-3H3,(H,18,23)(H,20,21). The number of imidazole rings is 1. The minimum absolute atomic E-state index is 0.0789. The van der Waals surface area contributed by atoms with E-state index in [-0.39, 0.29) is 23.7 Å². The molecule has 0 aliphatic carbocycles. The van der Waals surface area contributed by atoms with Crippen molar-refractivity contribution in [2.75, 3.05) is 12.4 Å². The number of benzene rings is 1. The monoisotopic (exact) mass is 347 g/mol. The number of amides is 1. The van der Waals surface area contributed by atoms with Crippen molar-refractivity contribution in [3.05, 3.63) is 36.3 Å². The molecule has 24 heavy (non-hydrogen) atoms. The molecule has 1 atom stereocenters. The van der Waals surface area contributed by atoms with Crippen LogP contribution < -0.4 is 10.6 Å². The maximum Gasteiger partial charge on any atom is 0.242 e. The van der Waals surface area contributed by atoms with Crippen LogP contribution in [0.2, 0.25) is 0 Å². The number of hydrogen-bond donors (Lipinski definition) is 2. The Kier molecular flexibility index (Phi) is 4.48. The highest BCUT2D eigenvalue weighted by Gasteiger charge is 2.22. The zero-order chi connectivity index (χ0) is 17.3. The number of likely N-dealkylation sites (N-methyl/N-ethyl adjacent to an activating group) is 1. The van der Waals surface area contributed by atoms with E-state index in [2.05, 4.69) is 20.7 Å². The minimum atomic E-state index is -0.359. The van der Waals surface area contributed by atoms with E-state index in [4.69, 9.17) is 0 Å². The molecule has 1 unspecified atom stereocenters. The summed E-state index contributed by atoms with van der Waals surface area (Å²) in [6.07, 6.45) is 1.79. The molecular formula is C16H18FN5OS. The summed E-state index contributed by atoms with van der Waals surface area (Å²) in [5, 5.41) is 10.9. The molecular weight excluding hydrogens is 329 g/mol. The number of carbonyl (C=O) groups excluding carboxylic acids is 1. The van der Waals surface area contributed by atoms with Crippen LogP contribution in [0.3, 0.4) is 0 Å². The maximum atomic E-state index is 13.0. The quantitative estimate of drug-likeness (QED) is 0.744. The second-order valence-electron chi connectivity index (χ2n) is 5.75. The predicted molar refractivity (Wildman–Crippen MR) is 92.6 cm³/mol. The van der Waals surface area contributed by atoms with E-state index in [1.807, 2.05) is 13.8 Å². The number of aromatic nitrogens is 3. The Bertz CT molecular complexity index is 824. The SMILES string of the molecule is CNC(=O)C(Nc1nn2cc(-c3ccc(F)cc3)nc2s1)C(C)C. The molecule has 3 rings (SSSR count). The van der Waals surface area contributed by atoms with Gasteiger partial charge < -0.3 is 10.6 Å². The first-order chi connectivity index (χ1) is 11.5. The van der Waals surface area contributed by atoms with Crippen molar-refractivity contribution in [1.29, 1.82) is 0 Å². The fraction of sp³-hybridized carbons (Fsp3) is 0.312. The van der Waals surface area contributed by atoms with Gasteiger partial charge in [0.1, 0.15) is 11.9 Å². The third-order valence-electron chi connectivity index (χ3n) is 3.66. The van der Waals surface area contributed by atoms with Gasteiger partial charge in [-0.15, -0.1) is 5.10 Å². The van der Waals surface area contributed by atoms with Crippen molar-refractivity contribution in [3.8, 4) is 11.3 Å². The number of anilines is 1. The number of halogens is 1. The Morgan fingerprint density at radius 3 is 2.58 bits per heavy atom. The molecule has 0 fully saturated rings. The van der Waals surface area contributed by atoms with Gasteiger partial charge in [0.2, 0.25) is 16.0 Å². The lowest BCUT2D eigenvalue weighted by Crippen LogP contribution is -2.41. The molecule has 6 nitrogen and oxygen atoms in total. The lowest BCUT2D eigenvalue weighted by molar-refractivity contribution is -0.122. The van der Waals surface area contributed by atoms with Crippen LogP contribution in [0.1, 0.15) is 13.8 Å². The maximum absolute atomic E-state index is 13.0. The lowest BCUT2D eigenvalue weighted by Gasteiger charge is -2.19. The minimum Gasteiger partial charge on any atom is -0.357 e. The van der Waals surface area contributed by atoms with Crippen LogP contribution in [0.25, 0.3) is 16.2 Å². The van der Waals surface area contributed by atoms with Gasteiger partial charge in [-0.1, -0.05) is 25.2 Å². The molecule has 2 N–H and O–H groups in total. The molecule has 0 aliphatic rings. The van der Waals surface area contributed by atoms with Gasteiger partial charge in [-0.3, -0.25) is 4.79 Å². The number of rotatable bonds is 5. The second kappa shape index (κ2) is 6.56. The first kappa shape index (κ1) is 16.4. The van der Waals surface area contributed by atoms with Gasteiger partial charge in [0.15, 0.2) is 0 Å². The third kappa shape index (κ3) is 3.23. The molecule has 3 aromatic rings. The summed E-state index contributed by atoms with van der Waals surface area (Å²) in [5.41, 5.74) is 1.56. The Hall–Kier alpha value is -2.48. The van der Waals surface area contributed by atoms with Crippen LogP contribution in [-0.4, -0.2) is 33.6 Å². The number of hydrogen-bond acceptors (Lipinski definition) is 5. The molecule has 2 heterocycles. The van der Waals surface area contributed by atoms with Crippen molar-refractivity contribution >= 4 is 27.3 Å². The first-order valence-electron chi connectivity index (χ1n) is 7.58. The summed E-state index contributed by atoms with van der Waals surface area (Å²) in [5.74, 6) is -0.237. The molecule has 0 bridgehead atoms. The predicted octanol–water partition coefficient (Wildman–Crippen LogP) is 2.78. The fourth-order valence-electron chi connectivity index (χ4n) is 2.34. The molecule has 1 amide bonds. The van der Waals surface area contributed by atoms with Crippen LogP contribution in [0.5, 0.6) is 0 Å². The molecule has 126 valence electrons. The van der Waals surface area contributed by atoms with E-state index in [1.54, 1.807) is 29.9 Å². The highest BCUT2D eigenvalue weighted by molar-refractivity contribution is 7.20. The molecule has 2 aromatic heterocycles. The molecule has 8 heteroatoms. The summed E-state index contributed by atoms with van der Waals surface area (Å²) < 4.78 is 14.7. The average Bonchev–Trinajstić information content (AvgIpc) is 3.10.